The number of amides is 1. The Balaban J connectivity index is 1.27. The van der Waals surface area contributed by atoms with Crippen molar-refractivity contribution in [1.29, 1.82) is 0 Å². The van der Waals surface area contributed by atoms with Gasteiger partial charge in [-0.2, -0.15) is 0 Å². The minimum absolute atomic E-state index is 0.0755. The number of likely N-dealkylation sites (N-methyl/N-ethyl adjacent to an activating group) is 1. The van der Waals surface area contributed by atoms with E-state index in [9.17, 15) is 4.79 Å². The van der Waals surface area contributed by atoms with Gasteiger partial charge in [0.2, 0.25) is 0 Å². The van der Waals surface area contributed by atoms with Crippen molar-refractivity contribution in [2.45, 2.75) is 16.7 Å². The minimum atomic E-state index is 0.0755. The molecule has 1 unspecified atom stereocenters. The molecule has 0 bridgehead atoms. The summed E-state index contributed by atoms with van der Waals surface area (Å²) in [5.41, 5.74) is 3.94. The lowest BCUT2D eigenvalue weighted by Gasteiger charge is -2.40. The van der Waals surface area contributed by atoms with Gasteiger partial charge in [-0.1, -0.05) is 36.4 Å². The number of imidazole rings is 1. The van der Waals surface area contributed by atoms with Crippen LogP contribution in [0.3, 0.4) is 0 Å². The van der Waals surface area contributed by atoms with Crippen LogP contribution in [0, 0.1) is 0 Å². The van der Waals surface area contributed by atoms with Crippen molar-refractivity contribution in [3.8, 4) is 0 Å². The van der Waals surface area contributed by atoms with E-state index in [0.717, 1.165) is 47.2 Å². The van der Waals surface area contributed by atoms with Gasteiger partial charge in [0.05, 0.1) is 11.7 Å². The number of benzene rings is 2. The second kappa shape index (κ2) is 9.18. The Kier molecular flexibility index (Phi) is 5.97. The van der Waals surface area contributed by atoms with Crippen LogP contribution in [0.1, 0.15) is 27.7 Å². The maximum absolute atomic E-state index is 13.4. The number of hydrogen-bond donors (Lipinski definition) is 0. The molecule has 6 heteroatoms. The molecule has 0 N–H and O–H groups in total. The SMILES string of the molecule is CN1CCN(C(=O)c2ccc(SCc3cn4ccccc4n3)cc2)C(c2ccccc2)C1. The molecule has 2 aromatic carbocycles. The molecule has 0 aliphatic carbocycles. The molecule has 0 spiro atoms. The molecule has 2 aromatic heterocycles. The number of thioether (sulfide) groups is 1. The maximum Gasteiger partial charge on any atom is 0.254 e. The Labute approximate surface area is 192 Å². The predicted octanol–water partition coefficient (Wildman–Crippen LogP) is 4.76. The number of carbonyl (C=O) groups is 1. The number of aromatic nitrogens is 2. The number of rotatable bonds is 5. The monoisotopic (exact) mass is 442 g/mol. The lowest BCUT2D eigenvalue weighted by molar-refractivity contribution is 0.0498. The van der Waals surface area contributed by atoms with E-state index < -0.39 is 0 Å². The highest BCUT2D eigenvalue weighted by atomic mass is 32.2. The molecule has 1 fully saturated rings. The molecule has 162 valence electrons. The molecule has 1 saturated heterocycles. The van der Waals surface area contributed by atoms with Gasteiger partial charge in [0, 0.05) is 48.2 Å². The van der Waals surface area contributed by atoms with Gasteiger partial charge in [0.25, 0.3) is 5.91 Å². The zero-order chi connectivity index (χ0) is 21.9. The van der Waals surface area contributed by atoms with Crippen LogP contribution in [0.25, 0.3) is 5.65 Å². The molecule has 0 radical (unpaired) electrons. The number of hydrogen-bond acceptors (Lipinski definition) is 4. The molecular formula is C26H26N4OS. The third-order valence-corrected chi connectivity index (χ3v) is 6.98. The van der Waals surface area contributed by atoms with E-state index in [2.05, 4.69) is 35.3 Å². The predicted molar refractivity (Wildman–Crippen MR) is 129 cm³/mol. The summed E-state index contributed by atoms with van der Waals surface area (Å²) in [4.78, 5) is 23.5. The first-order valence-corrected chi connectivity index (χ1v) is 11.9. The van der Waals surface area contributed by atoms with Crippen LogP contribution in [0.15, 0.2) is 90.1 Å². The van der Waals surface area contributed by atoms with Crippen LogP contribution in [-0.4, -0.2) is 51.8 Å². The van der Waals surface area contributed by atoms with Crippen molar-refractivity contribution in [1.82, 2.24) is 19.2 Å². The zero-order valence-electron chi connectivity index (χ0n) is 18.1. The van der Waals surface area contributed by atoms with Gasteiger partial charge in [-0.3, -0.25) is 4.79 Å². The molecule has 1 amide bonds. The second-order valence-electron chi connectivity index (χ2n) is 8.20. The molecule has 32 heavy (non-hydrogen) atoms. The molecule has 1 atom stereocenters. The fourth-order valence-corrected chi connectivity index (χ4v) is 4.98. The fourth-order valence-electron chi connectivity index (χ4n) is 4.20. The van der Waals surface area contributed by atoms with E-state index in [-0.39, 0.29) is 11.9 Å². The highest BCUT2D eigenvalue weighted by molar-refractivity contribution is 7.98. The summed E-state index contributed by atoms with van der Waals surface area (Å²) in [6, 6.07) is 24.4. The third kappa shape index (κ3) is 4.42. The molecule has 0 saturated carbocycles. The van der Waals surface area contributed by atoms with Crippen LogP contribution >= 0.6 is 11.8 Å². The van der Waals surface area contributed by atoms with Crippen molar-refractivity contribution in [2.75, 3.05) is 26.7 Å². The minimum Gasteiger partial charge on any atom is -0.329 e. The van der Waals surface area contributed by atoms with Crippen LogP contribution in [-0.2, 0) is 5.75 Å². The zero-order valence-corrected chi connectivity index (χ0v) is 18.9. The van der Waals surface area contributed by atoms with Crippen molar-refractivity contribution < 1.29 is 4.79 Å². The van der Waals surface area contributed by atoms with E-state index in [4.69, 9.17) is 0 Å². The summed E-state index contributed by atoms with van der Waals surface area (Å²) in [5.74, 6) is 0.896. The van der Waals surface area contributed by atoms with Crippen molar-refractivity contribution in [3.63, 3.8) is 0 Å². The Morgan fingerprint density at radius 1 is 1.00 bits per heavy atom. The molecule has 3 heterocycles. The Bertz CT molecular complexity index is 1170. The van der Waals surface area contributed by atoms with Gasteiger partial charge in [-0.15, -0.1) is 11.8 Å². The summed E-state index contributed by atoms with van der Waals surface area (Å²) in [5, 5.41) is 0. The summed E-state index contributed by atoms with van der Waals surface area (Å²) < 4.78 is 2.04. The van der Waals surface area contributed by atoms with Crippen LogP contribution in [0.2, 0.25) is 0 Å². The number of fused-ring (bicyclic) bond motifs is 1. The Hall–Kier alpha value is -3.09. The van der Waals surface area contributed by atoms with Crippen molar-refractivity contribution >= 4 is 23.3 Å². The maximum atomic E-state index is 13.4. The fraction of sp³-hybridized carbons (Fsp3) is 0.231. The topological polar surface area (TPSA) is 40.9 Å². The van der Waals surface area contributed by atoms with Crippen LogP contribution < -0.4 is 0 Å². The van der Waals surface area contributed by atoms with Gasteiger partial charge < -0.3 is 14.2 Å². The number of carbonyl (C=O) groups excluding carboxylic acids is 1. The summed E-state index contributed by atoms with van der Waals surface area (Å²) in [6.07, 6.45) is 4.08. The first-order valence-electron chi connectivity index (χ1n) is 10.9. The smallest absolute Gasteiger partial charge is 0.254 e. The molecule has 1 aliphatic rings. The molecule has 1 aliphatic heterocycles. The quantitative estimate of drug-likeness (QED) is 0.418. The van der Waals surface area contributed by atoms with E-state index in [1.165, 1.54) is 5.56 Å². The lowest BCUT2D eigenvalue weighted by Crippen LogP contribution is -2.49. The van der Waals surface area contributed by atoms with Gasteiger partial charge >= 0.3 is 0 Å². The summed E-state index contributed by atoms with van der Waals surface area (Å²) in [7, 11) is 2.12. The summed E-state index contributed by atoms with van der Waals surface area (Å²) >= 11 is 1.74. The van der Waals surface area contributed by atoms with Crippen LogP contribution in [0.5, 0.6) is 0 Å². The van der Waals surface area contributed by atoms with Gasteiger partial charge in [0.1, 0.15) is 5.65 Å². The number of nitrogens with zero attached hydrogens (tertiary/aromatic N) is 4. The first-order chi connectivity index (χ1) is 15.7. The molecule has 4 aromatic rings. The molecule has 5 rings (SSSR count). The highest BCUT2D eigenvalue weighted by Crippen LogP contribution is 2.28. The van der Waals surface area contributed by atoms with E-state index in [0.29, 0.717) is 0 Å². The first kappa shape index (κ1) is 20.8. The normalized spacial score (nSPS) is 17.0. The van der Waals surface area contributed by atoms with Gasteiger partial charge in [-0.25, -0.2) is 4.98 Å². The van der Waals surface area contributed by atoms with E-state index in [1.807, 2.05) is 76.2 Å². The van der Waals surface area contributed by atoms with E-state index >= 15 is 0 Å². The average molecular weight is 443 g/mol. The molecule has 5 nitrogen and oxygen atoms in total. The third-order valence-electron chi connectivity index (χ3n) is 5.93. The largest absolute Gasteiger partial charge is 0.329 e. The Morgan fingerprint density at radius 3 is 2.56 bits per heavy atom. The standard InChI is InChI=1S/C26H26N4OS/c1-28-15-16-30(24(18-28)20-7-3-2-4-8-20)26(31)21-10-12-23(13-11-21)32-19-22-17-29-14-6-5-9-25(29)27-22/h2-14,17,24H,15-16,18-19H2,1H3. The van der Waals surface area contributed by atoms with Crippen molar-refractivity contribution in [3.05, 3.63) is 102 Å². The number of piperazine rings is 1. The Morgan fingerprint density at radius 2 is 1.78 bits per heavy atom. The lowest BCUT2D eigenvalue weighted by atomic mass is 10.0. The average Bonchev–Trinajstić information content (AvgIpc) is 3.26. The van der Waals surface area contributed by atoms with Gasteiger partial charge in [-0.05, 0) is 49.0 Å². The number of pyridine rings is 1. The highest BCUT2D eigenvalue weighted by Gasteiger charge is 2.30. The van der Waals surface area contributed by atoms with Crippen molar-refractivity contribution in [2.24, 2.45) is 0 Å². The molecular weight excluding hydrogens is 416 g/mol. The van der Waals surface area contributed by atoms with Gasteiger partial charge in [0.15, 0.2) is 0 Å². The van der Waals surface area contributed by atoms with Crippen LogP contribution in [0.4, 0.5) is 0 Å². The summed E-state index contributed by atoms with van der Waals surface area (Å²) in [6.45, 7) is 2.48. The second-order valence-corrected chi connectivity index (χ2v) is 9.25. The van der Waals surface area contributed by atoms with E-state index in [1.54, 1.807) is 11.8 Å².